The third-order valence-electron chi connectivity index (χ3n) is 6.00. The second-order valence-electron chi connectivity index (χ2n) is 7.91. The van der Waals surface area contributed by atoms with E-state index in [1.54, 1.807) is 9.21 Å². The normalized spacial score (nSPS) is 20.4. The van der Waals surface area contributed by atoms with E-state index in [1.165, 1.54) is 4.31 Å². The number of amides is 1. The van der Waals surface area contributed by atoms with Crippen LogP contribution in [0.1, 0.15) is 21.7 Å². The van der Waals surface area contributed by atoms with Gasteiger partial charge in [-0.25, -0.2) is 0 Å². The first-order chi connectivity index (χ1) is 13.8. The Balaban J connectivity index is 1.45. The predicted molar refractivity (Wildman–Crippen MR) is 111 cm³/mol. The highest BCUT2D eigenvalue weighted by Gasteiger charge is 2.35. The highest BCUT2D eigenvalue weighted by atomic mass is 32.2. The molecule has 2 aliphatic rings. The van der Waals surface area contributed by atoms with Gasteiger partial charge in [0.2, 0.25) is 0 Å². The molecule has 0 saturated carbocycles. The third-order valence-corrected chi connectivity index (χ3v) is 8.03. The topological polar surface area (TPSA) is 77.3 Å². The Labute approximate surface area is 171 Å². The molecule has 2 fully saturated rings. The number of carbonyl (C=O) groups excluding carboxylic acids is 1. The van der Waals surface area contributed by atoms with E-state index in [-0.39, 0.29) is 5.91 Å². The predicted octanol–water partition coefficient (Wildman–Crippen LogP) is 1.30. The minimum absolute atomic E-state index is 0.172. The maximum Gasteiger partial charge on any atom is 0.289 e. The number of hydrogen-bond donors (Lipinski definition) is 0. The molecule has 158 valence electrons. The van der Waals surface area contributed by atoms with Crippen LogP contribution in [-0.2, 0) is 10.2 Å². The van der Waals surface area contributed by atoms with Crippen LogP contribution in [0.25, 0.3) is 11.0 Å². The van der Waals surface area contributed by atoms with Gasteiger partial charge in [-0.1, -0.05) is 18.2 Å². The SMILES string of the molecule is Cc1c(C(=O)N2CCN(S(=O)(=O)N3CCN(C)CC3)CC2)oc2c(C)cccc12. The molecule has 0 bridgehead atoms. The van der Waals surface area contributed by atoms with Gasteiger partial charge in [-0.3, -0.25) is 4.79 Å². The molecule has 2 aromatic rings. The molecule has 0 N–H and O–H groups in total. The number of furan rings is 1. The molecule has 0 aliphatic carbocycles. The van der Waals surface area contributed by atoms with Crippen LogP contribution in [0.4, 0.5) is 0 Å². The first-order valence-corrected chi connectivity index (χ1v) is 11.4. The average molecular weight is 421 g/mol. The summed E-state index contributed by atoms with van der Waals surface area (Å²) in [6, 6.07) is 5.87. The van der Waals surface area contributed by atoms with Crippen molar-refractivity contribution in [1.29, 1.82) is 0 Å². The fraction of sp³-hybridized carbons (Fsp3) is 0.550. The van der Waals surface area contributed by atoms with Crippen molar-refractivity contribution in [3.63, 3.8) is 0 Å². The zero-order chi connectivity index (χ0) is 20.8. The van der Waals surface area contributed by atoms with E-state index in [0.717, 1.165) is 35.2 Å². The number of fused-ring (bicyclic) bond motifs is 1. The molecule has 0 radical (unpaired) electrons. The summed E-state index contributed by atoms with van der Waals surface area (Å²) in [6.45, 7) is 7.68. The summed E-state index contributed by atoms with van der Waals surface area (Å²) in [5.74, 6) is 0.180. The second-order valence-corrected chi connectivity index (χ2v) is 9.84. The van der Waals surface area contributed by atoms with Crippen LogP contribution < -0.4 is 0 Å². The molecule has 3 heterocycles. The molecule has 0 spiro atoms. The molecule has 2 aliphatic heterocycles. The summed E-state index contributed by atoms with van der Waals surface area (Å²) < 4.78 is 34.8. The van der Waals surface area contributed by atoms with Crippen molar-refractivity contribution < 1.29 is 17.6 Å². The summed E-state index contributed by atoms with van der Waals surface area (Å²) in [6.07, 6.45) is 0. The molecule has 1 aromatic heterocycles. The molecule has 0 atom stereocenters. The lowest BCUT2D eigenvalue weighted by Gasteiger charge is -2.38. The molecule has 2 saturated heterocycles. The van der Waals surface area contributed by atoms with Crippen LogP contribution in [0.15, 0.2) is 22.6 Å². The number of likely N-dealkylation sites (N-methyl/N-ethyl adjacent to an activating group) is 1. The number of nitrogens with zero attached hydrogens (tertiary/aromatic N) is 4. The highest BCUT2D eigenvalue weighted by Crippen LogP contribution is 2.29. The Morgan fingerprint density at radius 3 is 2.10 bits per heavy atom. The van der Waals surface area contributed by atoms with Crippen molar-refractivity contribution in [3.05, 3.63) is 35.1 Å². The van der Waals surface area contributed by atoms with Gasteiger partial charge >= 0.3 is 0 Å². The Hall–Kier alpha value is -1.94. The molecule has 0 unspecified atom stereocenters. The number of aryl methyl sites for hydroxylation is 2. The quantitative estimate of drug-likeness (QED) is 0.748. The first-order valence-electron chi connectivity index (χ1n) is 10.0. The molecule has 1 amide bonds. The van der Waals surface area contributed by atoms with Crippen molar-refractivity contribution in [3.8, 4) is 0 Å². The number of para-hydroxylation sites is 1. The average Bonchev–Trinajstić information content (AvgIpc) is 3.06. The standard InChI is InChI=1S/C20H28N4O4S/c1-15-5-4-6-17-16(2)19(28-18(15)17)20(25)22-9-13-24(14-10-22)29(26,27)23-11-7-21(3)8-12-23/h4-6H,7-14H2,1-3H3. The molecule has 1 aromatic carbocycles. The number of hydrogen-bond acceptors (Lipinski definition) is 5. The van der Waals surface area contributed by atoms with E-state index in [1.807, 2.05) is 39.1 Å². The van der Waals surface area contributed by atoms with Crippen molar-refractivity contribution in [2.24, 2.45) is 0 Å². The van der Waals surface area contributed by atoms with Gasteiger partial charge < -0.3 is 14.2 Å². The van der Waals surface area contributed by atoms with Gasteiger partial charge in [-0.2, -0.15) is 17.0 Å². The summed E-state index contributed by atoms with van der Waals surface area (Å²) in [5.41, 5.74) is 2.57. The maximum atomic E-state index is 13.0. The number of rotatable bonds is 3. The summed E-state index contributed by atoms with van der Waals surface area (Å²) in [7, 11) is -1.48. The van der Waals surface area contributed by atoms with E-state index in [0.29, 0.717) is 45.0 Å². The third kappa shape index (κ3) is 3.68. The lowest BCUT2D eigenvalue weighted by molar-refractivity contribution is 0.0662. The molecular formula is C20H28N4O4S. The van der Waals surface area contributed by atoms with Crippen LogP contribution in [0.5, 0.6) is 0 Å². The molecule has 9 heteroatoms. The van der Waals surface area contributed by atoms with Crippen molar-refractivity contribution in [2.45, 2.75) is 13.8 Å². The fourth-order valence-corrected chi connectivity index (χ4v) is 5.61. The largest absolute Gasteiger partial charge is 0.450 e. The zero-order valence-electron chi connectivity index (χ0n) is 17.2. The molecule has 4 rings (SSSR count). The number of piperazine rings is 2. The van der Waals surface area contributed by atoms with Crippen LogP contribution >= 0.6 is 0 Å². The Kier molecular flexibility index (Phi) is 5.41. The highest BCUT2D eigenvalue weighted by molar-refractivity contribution is 7.86. The van der Waals surface area contributed by atoms with E-state index in [4.69, 9.17) is 4.42 Å². The van der Waals surface area contributed by atoms with Gasteiger partial charge in [0.25, 0.3) is 16.1 Å². The van der Waals surface area contributed by atoms with Gasteiger partial charge in [0.1, 0.15) is 5.58 Å². The second kappa shape index (κ2) is 7.71. The van der Waals surface area contributed by atoms with Gasteiger partial charge in [-0.05, 0) is 26.5 Å². The van der Waals surface area contributed by atoms with E-state index < -0.39 is 10.2 Å². The number of carbonyl (C=O) groups is 1. The van der Waals surface area contributed by atoms with Crippen LogP contribution in [0.3, 0.4) is 0 Å². The van der Waals surface area contributed by atoms with Crippen LogP contribution in [0, 0.1) is 13.8 Å². The van der Waals surface area contributed by atoms with Gasteiger partial charge in [0.05, 0.1) is 0 Å². The van der Waals surface area contributed by atoms with Gasteiger partial charge in [-0.15, -0.1) is 0 Å². The van der Waals surface area contributed by atoms with Crippen LogP contribution in [0.2, 0.25) is 0 Å². The molecule has 29 heavy (non-hydrogen) atoms. The van der Waals surface area contributed by atoms with Gasteiger partial charge in [0, 0.05) is 63.3 Å². The smallest absolute Gasteiger partial charge is 0.289 e. The van der Waals surface area contributed by atoms with E-state index in [9.17, 15) is 13.2 Å². The summed E-state index contributed by atoms with van der Waals surface area (Å²) in [4.78, 5) is 16.9. The van der Waals surface area contributed by atoms with E-state index in [2.05, 4.69) is 4.90 Å². The Bertz CT molecular complexity index is 1020. The van der Waals surface area contributed by atoms with E-state index >= 15 is 0 Å². The fourth-order valence-electron chi connectivity index (χ4n) is 4.04. The Morgan fingerprint density at radius 1 is 0.931 bits per heavy atom. The maximum absolute atomic E-state index is 13.0. The Morgan fingerprint density at radius 2 is 1.52 bits per heavy atom. The van der Waals surface area contributed by atoms with Gasteiger partial charge in [0.15, 0.2) is 5.76 Å². The summed E-state index contributed by atoms with van der Waals surface area (Å²) >= 11 is 0. The van der Waals surface area contributed by atoms with Crippen molar-refractivity contribution >= 4 is 27.1 Å². The molecular weight excluding hydrogens is 392 g/mol. The monoisotopic (exact) mass is 420 g/mol. The number of benzene rings is 1. The minimum atomic E-state index is -3.48. The lowest BCUT2D eigenvalue weighted by Crippen LogP contribution is -2.57. The lowest BCUT2D eigenvalue weighted by atomic mass is 10.1. The van der Waals surface area contributed by atoms with Crippen molar-refractivity contribution in [1.82, 2.24) is 18.4 Å². The summed E-state index contributed by atoms with van der Waals surface area (Å²) in [5, 5.41) is 0.949. The van der Waals surface area contributed by atoms with Crippen LogP contribution in [-0.4, -0.2) is 92.1 Å². The minimum Gasteiger partial charge on any atom is -0.450 e. The zero-order valence-corrected chi connectivity index (χ0v) is 18.0. The van der Waals surface area contributed by atoms with Crippen molar-refractivity contribution in [2.75, 3.05) is 59.4 Å². The molecule has 8 nitrogen and oxygen atoms in total. The first kappa shape index (κ1) is 20.3.